The van der Waals surface area contributed by atoms with Gasteiger partial charge in [0.15, 0.2) is 4.80 Å². The molecule has 0 amide bonds. The molecule has 0 atom stereocenters. The molecule has 0 aliphatic carbocycles. The van der Waals surface area contributed by atoms with Crippen molar-refractivity contribution in [2.75, 3.05) is 7.11 Å². The largest absolute Gasteiger partial charge is 0.497 e. The highest BCUT2D eigenvalue weighted by atomic mass is 32.2. The number of sulfonamides is 1. The summed E-state index contributed by atoms with van der Waals surface area (Å²) in [5.74, 6) is 0.812. The van der Waals surface area contributed by atoms with E-state index in [9.17, 15) is 8.42 Å². The Balaban J connectivity index is 2.00. The van der Waals surface area contributed by atoms with E-state index < -0.39 is 10.0 Å². The highest BCUT2D eigenvalue weighted by Crippen LogP contribution is 2.23. The van der Waals surface area contributed by atoms with E-state index in [1.165, 1.54) is 23.5 Å². The number of primary sulfonamides is 1. The highest BCUT2D eigenvalue weighted by molar-refractivity contribution is 7.89. The van der Waals surface area contributed by atoms with Crippen molar-refractivity contribution in [1.82, 2.24) is 4.57 Å². The van der Waals surface area contributed by atoms with Crippen LogP contribution in [0.3, 0.4) is 0 Å². The number of hydrogen-bond donors (Lipinski definition) is 1. The zero-order valence-electron chi connectivity index (χ0n) is 14.4. The Morgan fingerprint density at radius 3 is 2.31 bits per heavy atom. The minimum absolute atomic E-state index is 0.0740. The number of nitrogens with two attached hydrogens (primary N) is 1. The number of aromatic nitrogens is 1. The molecule has 2 N–H and O–H groups in total. The summed E-state index contributed by atoms with van der Waals surface area (Å²) < 4.78 is 30.0. The first kappa shape index (κ1) is 18.4. The van der Waals surface area contributed by atoms with E-state index in [0.717, 1.165) is 28.4 Å². The van der Waals surface area contributed by atoms with Gasteiger partial charge in [0.25, 0.3) is 0 Å². The molecule has 26 heavy (non-hydrogen) atoms. The predicted octanol–water partition coefficient (Wildman–Crippen LogP) is 3.12. The maximum Gasteiger partial charge on any atom is 0.238 e. The van der Waals surface area contributed by atoms with E-state index in [4.69, 9.17) is 9.88 Å². The second-order valence-corrected chi connectivity index (χ2v) is 7.92. The van der Waals surface area contributed by atoms with Gasteiger partial charge < -0.3 is 9.30 Å². The van der Waals surface area contributed by atoms with Crippen LogP contribution in [0.4, 0.5) is 5.69 Å². The topological polar surface area (TPSA) is 86.7 Å². The van der Waals surface area contributed by atoms with E-state index in [2.05, 4.69) is 21.9 Å². The van der Waals surface area contributed by atoms with Crippen LogP contribution in [0.25, 0.3) is 11.3 Å². The fourth-order valence-electron chi connectivity index (χ4n) is 2.54. The molecule has 0 aliphatic heterocycles. The third-order valence-corrected chi connectivity index (χ3v) is 5.68. The lowest BCUT2D eigenvalue weighted by Crippen LogP contribution is -2.14. The van der Waals surface area contributed by atoms with Gasteiger partial charge in [-0.2, -0.15) is 0 Å². The van der Waals surface area contributed by atoms with Gasteiger partial charge >= 0.3 is 0 Å². The molecule has 136 valence electrons. The zero-order chi connectivity index (χ0) is 18.7. The van der Waals surface area contributed by atoms with Gasteiger partial charge in [0.2, 0.25) is 10.0 Å². The van der Waals surface area contributed by atoms with Gasteiger partial charge in [-0.1, -0.05) is 0 Å². The standard InChI is InChI=1S/C18H19N3O3S2/c1-3-21-17(13-4-8-15(24-2)9-5-13)12-25-18(21)20-14-6-10-16(11-7-14)26(19,22)23/h4-12H,3H2,1-2H3,(H2,19,22,23). The van der Waals surface area contributed by atoms with Crippen molar-refractivity contribution in [2.45, 2.75) is 18.4 Å². The van der Waals surface area contributed by atoms with Crippen LogP contribution in [0.15, 0.2) is 63.8 Å². The van der Waals surface area contributed by atoms with Gasteiger partial charge in [-0.05, 0) is 61.0 Å². The lowest BCUT2D eigenvalue weighted by Gasteiger charge is -2.07. The molecule has 1 aromatic heterocycles. The fourth-order valence-corrected chi connectivity index (χ4v) is 4.05. The van der Waals surface area contributed by atoms with Crippen LogP contribution in [-0.2, 0) is 16.6 Å². The number of hydrogen-bond acceptors (Lipinski definition) is 5. The van der Waals surface area contributed by atoms with Crippen LogP contribution in [0.1, 0.15) is 6.92 Å². The number of methoxy groups -OCH3 is 1. The quantitative estimate of drug-likeness (QED) is 0.727. The van der Waals surface area contributed by atoms with Crippen LogP contribution in [0.2, 0.25) is 0 Å². The van der Waals surface area contributed by atoms with Crippen molar-refractivity contribution in [3.05, 3.63) is 58.7 Å². The second-order valence-electron chi connectivity index (χ2n) is 5.53. The van der Waals surface area contributed by atoms with E-state index in [1.807, 2.05) is 24.3 Å². The van der Waals surface area contributed by atoms with Crippen molar-refractivity contribution in [1.29, 1.82) is 0 Å². The van der Waals surface area contributed by atoms with E-state index in [-0.39, 0.29) is 4.90 Å². The van der Waals surface area contributed by atoms with Crippen molar-refractivity contribution in [3.8, 4) is 17.0 Å². The molecule has 8 heteroatoms. The summed E-state index contributed by atoms with van der Waals surface area (Å²) in [7, 11) is -2.05. The summed E-state index contributed by atoms with van der Waals surface area (Å²) in [6.07, 6.45) is 0. The van der Waals surface area contributed by atoms with Gasteiger partial charge in [0, 0.05) is 11.9 Å². The van der Waals surface area contributed by atoms with Crippen molar-refractivity contribution in [2.24, 2.45) is 10.1 Å². The molecule has 0 aliphatic rings. The molecule has 0 fully saturated rings. The second kappa shape index (κ2) is 7.45. The fraction of sp³-hybridized carbons (Fsp3) is 0.167. The van der Waals surface area contributed by atoms with Crippen LogP contribution >= 0.6 is 11.3 Å². The van der Waals surface area contributed by atoms with E-state index >= 15 is 0 Å². The normalized spacial score (nSPS) is 12.3. The van der Waals surface area contributed by atoms with E-state index in [0.29, 0.717) is 5.69 Å². The van der Waals surface area contributed by atoms with Crippen LogP contribution in [0.5, 0.6) is 5.75 Å². The maximum absolute atomic E-state index is 11.3. The first-order chi connectivity index (χ1) is 12.4. The Morgan fingerprint density at radius 2 is 1.77 bits per heavy atom. The minimum Gasteiger partial charge on any atom is -0.497 e. The Morgan fingerprint density at radius 1 is 1.12 bits per heavy atom. The summed E-state index contributed by atoms with van der Waals surface area (Å²) in [5, 5.41) is 7.18. The lowest BCUT2D eigenvalue weighted by atomic mass is 10.1. The molecular weight excluding hydrogens is 370 g/mol. The predicted molar refractivity (Wildman–Crippen MR) is 103 cm³/mol. The average molecular weight is 390 g/mol. The lowest BCUT2D eigenvalue weighted by molar-refractivity contribution is 0.415. The number of nitrogens with zero attached hydrogens (tertiary/aromatic N) is 2. The molecule has 0 radical (unpaired) electrons. The third kappa shape index (κ3) is 3.87. The molecule has 2 aromatic carbocycles. The third-order valence-electron chi connectivity index (χ3n) is 3.89. The summed E-state index contributed by atoms with van der Waals surface area (Å²) in [5.41, 5.74) is 2.82. The molecule has 0 saturated heterocycles. The summed E-state index contributed by atoms with van der Waals surface area (Å²) in [6.45, 7) is 2.82. The Labute approximate surface area is 156 Å². The Kier molecular flexibility index (Phi) is 5.26. The average Bonchev–Trinajstić information content (AvgIpc) is 3.04. The number of thiazole rings is 1. The molecule has 1 heterocycles. The maximum atomic E-state index is 11.3. The molecule has 0 spiro atoms. The Bertz CT molecular complexity index is 1060. The smallest absolute Gasteiger partial charge is 0.238 e. The molecule has 3 aromatic rings. The molecule has 0 unspecified atom stereocenters. The van der Waals surface area contributed by atoms with Crippen LogP contribution in [-0.4, -0.2) is 20.1 Å². The van der Waals surface area contributed by atoms with Gasteiger partial charge in [0.1, 0.15) is 5.75 Å². The summed E-state index contributed by atoms with van der Waals surface area (Å²) in [4.78, 5) is 5.54. The number of benzene rings is 2. The van der Waals surface area contributed by atoms with Gasteiger partial charge in [-0.3, -0.25) is 0 Å². The van der Waals surface area contributed by atoms with Crippen molar-refractivity contribution in [3.63, 3.8) is 0 Å². The van der Waals surface area contributed by atoms with Gasteiger partial charge in [0.05, 0.1) is 23.4 Å². The zero-order valence-corrected chi connectivity index (χ0v) is 16.0. The Hall–Kier alpha value is -2.42. The van der Waals surface area contributed by atoms with E-state index in [1.54, 1.807) is 19.2 Å². The van der Waals surface area contributed by atoms with Gasteiger partial charge in [-0.15, -0.1) is 11.3 Å². The molecule has 0 bridgehead atoms. The van der Waals surface area contributed by atoms with Crippen LogP contribution < -0.4 is 14.7 Å². The molecule has 6 nitrogen and oxygen atoms in total. The monoisotopic (exact) mass is 389 g/mol. The number of rotatable bonds is 5. The van der Waals surface area contributed by atoms with Crippen molar-refractivity contribution < 1.29 is 13.2 Å². The highest BCUT2D eigenvalue weighted by Gasteiger charge is 2.09. The van der Waals surface area contributed by atoms with Gasteiger partial charge in [-0.25, -0.2) is 18.5 Å². The molecule has 0 saturated carbocycles. The summed E-state index contributed by atoms with van der Waals surface area (Å²) >= 11 is 1.53. The first-order valence-corrected chi connectivity index (χ1v) is 10.4. The summed E-state index contributed by atoms with van der Waals surface area (Å²) in [6, 6.07) is 14.1. The number of ether oxygens (including phenoxy) is 1. The first-order valence-electron chi connectivity index (χ1n) is 7.92. The molecular formula is C18H19N3O3S2. The van der Waals surface area contributed by atoms with Crippen LogP contribution in [0, 0.1) is 0 Å². The minimum atomic E-state index is -3.70. The SMILES string of the molecule is CCn1c(-c2ccc(OC)cc2)csc1=Nc1ccc(S(N)(=O)=O)cc1. The van der Waals surface area contributed by atoms with Crippen molar-refractivity contribution >= 4 is 27.0 Å². The molecule has 3 rings (SSSR count).